The Kier molecular flexibility index (Phi) is 6.96. The lowest BCUT2D eigenvalue weighted by molar-refractivity contribution is -0.118. The Morgan fingerprint density at radius 1 is 1.11 bits per heavy atom. The van der Waals surface area contributed by atoms with Gasteiger partial charge in [0.05, 0.1) is 11.5 Å². The van der Waals surface area contributed by atoms with E-state index in [0.29, 0.717) is 38.4 Å². The van der Waals surface area contributed by atoms with Crippen LogP contribution in [0.4, 0.5) is 10.8 Å². The molecule has 0 aliphatic heterocycles. The van der Waals surface area contributed by atoms with Gasteiger partial charge in [0.25, 0.3) is 11.8 Å². The molecule has 2 aromatic carbocycles. The van der Waals surface area contributed by atoms with E-state index >= 15 is 0 Å². The first-order valence-electron chi connectivity index (χ1n) is 11.0. The van der Waals surface area contributed by atoms with Crippen molar-refractivity contribution in [3.05, 3.63) is 71.3 Å². The summed E-state index contributed by atoms with van der Waals surface area (Å²) in [5, 5.41) is 24.0. The third kappa shape index (κ3) is 5.49. The zero-order valence-electron chi connectivity index (χ0n) is 19.8. The summed E-state index contributed by atoms with van der Waals surface area (Å²) in [4.78, 5) is 33.5. The second-order valence-corrected chi connectivity index (χ2v) is 9.53. The number of fused-ring (bicyclic) bond motifs is 1. The van der Waals surface area contributed by atoms with Gasteiger partial charge in [-0.05, 0) is 56.2 Å². The molecule has 0 aliphatic carbocycles. The molecule has 3 N–H and O–H groups in total. The third-order valence-electron chi connectivity index (χ3n) is 5.41. The molecule has 0 radical (unpaired) electrons. The second-order valence-electron chi connectivity index (χ2n) is 8.55. The minimum Gasteiger partial charge on any atom is -0.439 e. The summed E-state index contributed by atoms with van der Waals surface area (Å²) < 4.78 is 5.99. The van der Waals surface area contributed by atoms with E-state index in [-0.39, 0.29) is 5.91 Å². The molecular weight excluding hydrogens is 478 g/mol. The lowest BCUT2D eigenvalue weighted by Gasteiger charge is -2.16. The summed E-state index contributed by atoms with van der Waals surface area (Å²) in [6, 6.07) is 17.9. The quantitative estimate of drug-likeness (QED) is 0.331. The largest absolute Gasteiger partial charge is 0.439 e. The number of nitriles is 1. The van der Waals surface area contributed by atoms with Gasteiger partial charge in [0, 0.05) is 23.4 Å². The van der Waals surface area contributed by atoms with E-state index in [1.54, 1.807) is 56.3 Å². The smallest absolute Gasteiger partial charge is 0.255 e. The maximum absolute atomic E-state index is 12.9. The van der Waals surface area contributed by atoms with Crippen molar-refractivity contribution in [1.82, 2.24) is 9.97 Å². The van der Waals surface area contributed by atoms with Crippen LogP contribution < -0.4 is 15.4 Å². The molecule has 0 atom stereocenters. The van der Waals surface area contributed by atoms with Crippen LogP contribution >= 0.6 is 11.3 Å². The predicted molar refractivity (Wildman–Crippen MR) is 137 cm³/mol. The Morgan fingerprint density at radius 3 is 2.67 bits per heavy atom. The number of aliphatic hydroxyl groups excluding tert-OH is 1. The number of aryl methyl sites for hydroxylation is 1. The molecule has 10 heteroatoms. The Bertz CT molecular complexity index is 1510. The Labute approximate surface area is 211 Å². The van der Waals surface area contributed by atoms with Gasteiger partial charge in [0.2, 0.25) is 5.88 Å². The normalized spacial score (nSPS) is 11.1. The first-order chi connectivity index (χ1) is 17.2. The summed E-state index contributed by atoms with van der Waals surface area (Å²) in [6.07, 6.45) is 0. The second kappa shape index (κ2) is 10.1. The highest BCUT2D eigenvalue weighted by Gasteiger charge is 2.21. The van der Waals surface area contributed by atoms with Crippen LogP contribution in [0.25, 0.3) is 10.3 Å². The molecule has 9 nitrogen and oxygen atoms in total. The minimum atomic E-state index is -0.710. The van der Waals surface area contributed by atoms with Crippen molar-refractivity contribution in [2.45, 2.75) is 26.2 Å². The van der Waals surface area contributed by atoms with Gasteiger partial charge in [0.1, 0.15) is 22.7 Å². The molecule has 0 fully saturated rings. The van der Waals surface area contributed by atoms with Crippen molar-refractivity contribution in [2.24, 2.45) is 0 Å². The van der Waals surface area contributed by atoms with E-state index in [1.165, 1.54) is 0 Å². The number of hydrogen-bond donors (Lipinski definition) is 3. The molecule has 4 rings (SSSR count). The fraction of sp³-hybridized carbons (Fsp3) is 0.192. The highest BCUT2D eigenvalue weighted by Crippen LogP contribution is 2.31. The molecule has 182 valence electrons. The molecule has 0 saturated carbocycles. The van der Waals surface area contributed by atoms with Gasteiger partial charge in [-0.15, -0.1) is 0 Å². The van der Waals surface area contributed by atoms with Crippen LogP contribution in [0.2, 0.25) is 0 Å². The Morgan fingerprint density at radius 2 is 1.92 bits per heavy atom. The molecule has 36 heavy (non-hydrogen) atoms. The molecule has 0 bridgehead atoms. The fourth-order valence-corrected chi connectivity index (χ4v) is 4.13. The summed E-state index contributed by atoms with van der Waals surface area (Å²) in [6.45, 7) is 4.85. The number of nitrogens with zero attached hydrogens (tertiary/aromatic N) is 3. The van der Waals surface area contributed by atoms with E-state index < -0.39 is 17.9 Å². The van der Waals surface area contributed by atoms with Crippen molar-refractivity contribution in [3.63, 3.8) is 0 Å². The van der Waals surface area contributed by atoms with E-state index in [9.17, 15) is 14.9 Å². The molecule has 0 unspecified atom stereocenters. The van der Waals surface area contributed by atoms with Gasteiger partial charge in [-0.3, -0.25) is 14.9 Å². The lowest BCUT2D eigenvalue weighted by atomic mass is 9.85. The molecule has 0 spiro atoms. The summed E-state index contributed by atoms with van der Waals surface area (Å²) in [5.41, 5.74) is 2.46. The maximum atomic E-state index is 12.9. The highest BCUT2D eigenvalue weighted by atomic mass is 32.1. The van der Waals surface area contributed by atoms with Gasteiger partial charge in [-0.2, -0.15) is 5.26 Å². The van der Waals surface area contributed by atoms with Crippen LogP contribution in [-0.4, -0.2) is 33.5 Å². The number of ether oxygens (including phenoxy) is 1. The van der Waals surface area contributed by atoms with Crippen molar-refractivity contribution in [3.8, 4) is 17.7 Å². The van der Waals surface area contributed by atoms with Gasteiger partial charge < -0.3 is 15.2 Å². The monoisotopic (exact) mass is 501 g/mol. The number of aromatic nitrogens is 2. The number of rotatable bonds is 7. The van der Waals surface area contributed by atoms with Crippen LogP contribution in [0, 0.1) is 18.3 Å². The number of thiazole rings is 1. The molecule has 4 aromatic rings. The van der Waals surface area contributed by atoms with Gasteiger partial charge in [0.15, 0.2) is 5.13 Å². The lowest BCUT2D eigenvalue weighted by Crippen LogP contribution is -2.17. The molecule has 2 heterocycles. The standard InChI is InChI=1S/C26H23N5O4S/c1-15-7-8-18(28-23(34)16-5-4-6-17(11-16)26(2,3)14-27)12-20(15)35-22-10-9-19-24(31-22)36-25(29-19)30-21(33)13-32/h4-12,32H,13H2,1-3H3,(H,28,34)(H,29,30,33). The minimum absolute atomic E-state index is 0.304. The van der Waals surface area contributed by atoms with E-state index in [2.05, 4.69) is 26.7 Å². The topological polar surface area (TPSA) is 137 Å². The Hall–Kier alpha value is -4.33. The number of carbonyl (C=O) groups excluding carboxylic acids is 2. The van der Waals surface area contributed by atoms with Crippen LogP contribution in [0.1, 0.15) is 35.3 Å². The molecule has 0 saturated heterocycles. The van der Waals surface area contributed by atoms with Crippen LogP contribution in [0.3, 0.4) is 0 Å². The predicted octanol–water partition coefficient (Wildman–Crippen LogP) is 4.78. The van der Waals surface area contributed by atoms with E-state index in [0.717, 1.165) is 22.5 Å². The summed E-state index contributed by atoms with van der Waals surface area (Å²) in [7, 11) is 0. The number of nitrogens with one attached hydrogen (secondary N) is 2. The maximum Gasteiger partial charge on any atom is 0.255 e. The summed E-state index contributed by atoms with van der Waals surface area (Å²) in [5.74, 6) is -0.0240. The highest BCUT2D eigenvalue weighted by molar-refractivity contribution is 7.21. The van der Waals surface area contributed by atoms with E-state index in [1.807, 2.05) is 19.1 Å². The van der Waals surface area contributed by atoms with Crippen LogP contribution in [-0.2, 0) is 10.2 Å². The number of anilines is 2. The number of pyridine rings is 1. The van der Waals surface area contributed by atoms with Crippen molar-refractivity contribution in [1.29, 1.82) is 5.26 Å². The average molecular weight is 502 g/mol. The van der Waals surface area contributed by atoms with E-state index in [4.69, 9.17) is 9.84 Å². The van der Waals surface area contributed by atoms with Crippen molar-refractivity contribution in [2.75, 3.05) is 17.2 Å². The van der Waals surface area contributed by atoms with Gasteiger partial charge in [-0.25, -0.2) is 9.97 Å². The number of aliphatic hydroxyl groups is 1. The van der Waals surface area contributed by atoms with Crippen LogP contribution in [0.5, 0.6) is 11.6 Å². The zero-order chi connectivity index (χ0) is 25.9. The number of carbonyl (C=O) groups is 2. The molecule has 2 aromatic heterocycles. The van der Waals surface area contributed by atoms with Crippen molar-refractivity contribution >= 4 is 44.3 Å². The van der Waals surface area contributed by atoms with Crippen molar-refractivity contribution < 1.29 is 19.4 Å². The first-order valence-corrected chi connectivity index (χ1v) is 11.8. The summed E-state index contributed by atoms with van der Waals surface area (Å²) >= 11 is 1.16. The molecule has 2 amide bonds. The first kappa shape index (κ1) is 24.8. The zero-order valence-corrected chi connectivity index (χ0v) is 20.6. The fourth-order valence-electron chi connectivity index (χ4n) is 3.29. The van der Waals surface area contributed by atoms with Crippen LogP contribution in [0.15, 0.2) is 54.6 Å². The Balaban J connectivity index is 1.52. The third-order valence-corrected chi connectivity index (χ3v) is 6.29. The molecular formula is C26H23N5O4S. The number of benzene rings is 2. The van der Waals surface area contributed by atoms with Gasteiger partial charge in [-0.1, -0.05) is 29.5 Å². The average Bonchev–Trinajstić information content (AvgIpc) is 3.27. The molecule has 0 aliphatic rings. The SMILES string of the molecule is Cc1ccc(NC(=O)c2cccc(C(C)(C)C#N)c2)cc1Oc1ccc2nc(NC(=O)CO)sc2n1. The number of amides is 2. The van der Waals surface area contributed by atoms with Gasteiger partial charge >= 0.3 is 0 Å². The number of hydrogen-bond acceptors (Lipinski definition) is 8.